The molecular weight excluding hydrogens is 188 g/mol. The Morgan fingerprint density at radius 2 is 2.23 bits per heavy atom. The zero-order chi connectivity index (χ0) is 9.31. The molecule has 1 aliphatic rings. The quantitative estimate of drug-likeness (QED) is 0.807. The average Bonchev–Trinajstić information content (AvgIpc) is 2.82. The summed E-state index contributed by atoms with van der Waals surface area (Å²) in [6, 6.07) is 7.19. The van der Waals surface area contributed by atoms with Gasteiger partial charge in [0.25, 0.3) is 0 Å². The molecule has 3 heteroatoms. The van der Waals surface area contributed by atoms with E-state index in [0.717, 1.165) is 12.8 Å². The van der Waals surface area contributed by atoms with Crippen LogP contribution in [-0.4, -0.2) is 17.3 Å². The van der Waals surface area contributed by atoms with Gasteiger partial charge < -0.3 is 9.84 Å². The first-order chi connectivity index (χ1) is 6.18. The van der Waals surface area contributed by atoms with Crippen LogP contribution in [0.3, 0.4) is 0 Å². The second kappa shape index (κ2) is 3.20. The van der Waals surface area contributed by atoms with Crippen molar-refractivity contribution < 1.29 is 9.84 Å². The monoisotopic (exact) mass is 198 g/mol. The molecule has 0 heterocycles. The predicted octanol–water partition coefficient (Wildman–Crippen LogP) is 2.24. The fourth-order valence-corrected chi connectivity index (χ4v) is 1.24. The lowest BCUT2D eigenvalue weighted by atomic mass is 10.3. The summed E-state index contributed by atoms with van der Waals surface area (Å²) in [5, 5.41) is 10.2. The van der Waals surface area contributed by atoms with Crippen LogP contribution in [0.5, 0.6) is 5.75 Å². The van der Waals surface area contributed by atoms with Crippen molar-refractivity contribution in [3.63, 3.8) is 0 Å². The van der Waals surface area contributed by atoms with Crippen molar-refractivity contribution in [3.05, 3.63) is 29.3 Å². The Bertz CT molecular complexity index is 308. The SMILES string of the molecule is OC1(COc2cccc(Cl)c2)CC1. The fraction of sp³-hybridized carbons (Fsp3) is 0.400. The van der Waals surface area contributed by atoms with E-state index in [1.54, 1.807) is 12.1 Å². The number of benzene rings is 1. The first-order valence-electron chi connectivity index (χ1n) is 4.29. The van der Waals surface area contributed by atoms with Crippen LogP contribution < -0.4 is 4.74 Å². The highest BCUT2D eigenvalue weighted by molar-refractivity contribution is 6.30. The topological polar surface area (TPSA) is 29.5 Å². The van der Waals surface area contributed by atoms with Gasteiger partial charge in [-0.1, -0.05) is 17.7 Å². The molecule has 0 atom stereocenters. The van der Waals surface area contributed by atoms with Gasteiger partial charge in [-0.3, -0.25) is 0 Å². The van der Waals surface area contributed by atoms with E-state index >= 15 is 0 Å². The van der Waals surface area contributed by atoms with Gasteiger partial charge in [0.2, 0.25) is 0 Å². The molecule has 0 aromatic heterocycles. The first kappa shape index (κ1) is 8.85. The Kier molecular flexibility index (Phi) is 2.18. The van der Waals surface area contributed by atoms with Crippen LogP contribution >= 0.6 is 11.6 Å². The molecule has 1 saturated carbocycles. The third kappa shape index (κ3) is 2.36. The van der Waals surface area contributed by atoms with Crippen LogP contribution in [0.15, 0.2) is 24.3 Å². The molecule has 1 fully saturated rings. The van der Waals surface area contributed by atoms with Crippen molar-refractivity contribution in [2.24, 2.45) is 0 Å². The Labute approximate surface area is 82.1 Å². The van der Waals surface area contributed by atoms with Gasteiger partial charge in [-0.15, -0.1) is 0 Å². The minimum Gasteiger partial charge on any atom is -0.491 e. The summed E-state index contributed by atoms with van der Waals surface area (Å²) in [7, 11) is 0. The predicted molar refractivity (Wildman–Crippen MR) is 51.1 cm³/mol. The third-order valence-corrected chi connectivity index (χ3v) is 2.37. The molecule has 0 bridgehead atoms. The van der Waals surface area contributed by atoms with Crippen LogP contribution in [0.2, 0.25) is 5.02 Å². The molecule has 1 N–H and O–H groups in total. The average molecular weight is 199 g/mol. The maximum absolute atomic E-state index is 9.50. The number of ether oxygens (including phenoxy) is 1. The standard InChI is InChI=1S/C10H11ClO2/c11-8-2-1-3-9(6-8)13-7-10(12)4-5-10/h1-3,6,12H,4-5,7H2. The van der Waals surface area contributed by atoms with Crippen molar-refractivity contribution in [3.8, 4) is 5.75 Å². The van der Waals surface area contributed by atoms with Crippen molar-refractivity contribution >= 4 is 11.6 Å². The Balaban J connectivity index is 1.94. The molecule has 1 aromatic rings. The van der Waals surface area contributed by atoms with E-state index in [9.17, 15) is 5.11 Å². The van der Waals surface area contributed by atoms with Crippen molar-refractivity contribution in [2.45, 2.75) is 18.4 Å². The number of halogens is 1. The van der Waals surface area contributed by atoms with Crippen molar-refractivity contribution in [1.29, 1.82) is 0 Å². The maximum Gasteiger partial charge on any atom is 0.120 e. The second-order valence-corrected chi connectivity index (χ2v) is 3.91. The number of aliphatic hydroxyl groups is 1. The maximum atomic E-state index is 9.50. The lowest BCUT2D eigenvalue weighted by Gasteiger charge is -2.09. The second-order valence-electron chi connectivity index (χ2n) is 3.47. The van der Waals surface area contributed by atoms with Gasteiger partial charge >= 0.3 is 0 Å². The summed E-state index contributed by atoms with van der Waals surface area (Å²) >= 11 is 5.77. The first-order valence-corrected chi connectivity index (χ1v) is 4.67. The van der Waals surface area contributed by atoms with E-state index < -0.39 is 5.60 Å². The van der Waals surface area contributed by atoms with E-state index in [4.69, 9.17) is 16.3 Å². The van der Waals surface area contributed by atoms with E-state index in [1.165, 1.54) is 0 Å². The third-order valence-electron chi connectivity index (χ3n) is 2.13. The molecule has 13 heavy (non-hydrogen) atoms. The zero-order valence-corrected chi connectivity index (χ0v) is 7.92. The highest BCUT2D eigenvalue weighted by Gasteiger charge is 2.41. The molecule has 1 aromatic carbocycles. The summed E-state index contributed by atoms with van der Waals surface area (Å²) in [4.78, 5) is 0. The van der Waals surface area contributed by atoms with Gasteiger partial charge in [0.1, 0.15) is 12.4 Å². The number of rotatable bonds is 3. The Morgan fingerprint density at radius 3 is 2.85 bits per heavy atom. The van der Waals surface area contributed by atoms with Gasteiger partial charge in [-0.25, -0.2) is 0 Å². The van der Waals surface area contributed by atoms with Gasteiger partial charge in [0, 0.05) is 5.02 Å². The number of hydrogen-bond donors (Lipinski definition) is 1. The molecular formula is C10H11ClO2. The van der Waals surface area contributed by atoms with E-state index in [1.807, 2.05) is 12.1 Å². The summed E-state index contributed by atoms with van der Waals surface area (Å²) in [5.41, 5.74) is -0.567. The Morgan fingerprint density at radius 1 is 1.46 bits per heavy atom. The van der Waals surface area contributed by atoms with Crippen molar-refractivity contribution in [2.75, 3.05) is 6.61 Å². The van der Waals surface area contributed by atoms with E-state index in [-0.39, 0.29) is 0 Å². The van der Waals surface area contributed by atoms with Crippen LogP contribution in [0.1, 0.15) is 12.8 Å². The van der Waals surface area contributed by atoms with E-state index in [2.05, 4.69) is 0 Å². The van der Waals surface area contributed by atoms with Crippen LogP contribution in [0.4, 0.5) is 0 Å². The summed E-state index contributed by atoms with van der Waals surface area (Å²) < 4.78 is 5.38. The van der Waals surface area contributed by atoms with Crippen LogP contribution in [0, 0.1) is 0 Å². The smallest absolute Gasteiger partial charge is 0.120 e. The van der Waals surface area contributed by atoms with Crippen LogP contribution in [0.25, 0.3) is 0 Å². The summed E-state index contributed by atoms with van der Waals surface area (Å²) in [6.45, 7) is 0.368. The molecule has 0 saturated heterocycles. The Hall–Kier alpha value is -0.730. The molecule has 0 amide bonds. The highest BCUT2D eigenvalue weighted by atomic mass is 35.5. The van der Waals surface area contributed by atoms with E-state index in [0.29, 0.717) is 17.4 Å². The number of hydrogen-bond acceptors (Lipinski definition) is 2. The zero-order valence-electron chi connectivity index (χ0n) is 7.16. The molecule has 0 unspecified atom stereocenters. The van der Waals surface area contributed by atoms with Crippen LogP contribution in [-0.2, 0) is 0 Å². The molecule has 1 aliphatic carbocycles. The molecule has 0 radical (unpaired) electrons. The van der Waals surface area contributed by atoms with Gasteiger partial charge in [0.15, 0.2) is 0 Å². The minimum atomic E-state index is -0.567. The van der Waals surface area contributed by atoms with Crippen molar-refractivity contribution in [1.82, 2.24) is 0 Å². The molecule has 2 nitrogen and oxygen atoms in total. The largest absolute Gasteiger partial charge is 0.491 e. The normalized spacial score (nSPS) is 18.3. The van der Waals surface area contributed by atoms with Gasteiger partial charge in [-0.2, -0.15) is 0 Å². The lowest BCUT2D eigenvalue weighted by molar-refractivity contribution is 0.0856. The molecule has 0 aliphatic heterocycles. The molecule has 0 spiro atoms. The summed E-state index contributed by atoms with van der Waals surface area (Å²) in [5.74, 6) is 0.716. The fourth-order valence-electron chi connectivity index (χ4n) is 1.06. The highest BCUT2D eigenvalue weighted by Crippen LogP contribution is 2.35. The minimum absolute atomic E-state index is 0.368. The van der Waals surface area contributed by atoms with Gasteiger partial charge in [0.05, 0.1) is 5.60 Å². The summed E-state index contributed by atoms with van der Waals surface area (Å²) in [6.07, 6.45) is 1.68. The van der Waals surface area contributed by atoms with Gasteiger partial charge in [-0.05, 0) is 31.0 Å². The molecule has 70 valence electrons. The lowest BCUT2D eigenvalue weighted by Crippen LogP contribution is -2.18. The molecule has 2 rings (SSSR count).